The minimum Gasteiger partial charge on any atom is -0.508 e. The van der Waals surface area contributed by atoms with Crippen molar-refractivity contribution < 1.29 is 14.6 Å². The first-order valence-electron chi connectivity index (χ1n) is 9.70. The van der Waals surface area contributed by atoms with E-state index in [9.17, 15) is 9.90 Å². The van der Waals surface area contributed by atoms with Gasteiger partial charge in [0.1, 0.15) is 5.75 Å². The third kappa shape index (κ3) is 3.18. The van der Waals surface area contributed by atoms with Crippen LogP contribution in [0.3, 0.4) is 0 Å². The maximum absolute atomic E-state index is 11.9. The second-order valence-electron chi connectivity index (χ2n) is 8.91. The number of ether oxygens (including phenoxy) is 1. The highest BCUT2D eigenvalue weighted by atomic mass is 16.5. The van der Waals surface area contributed by atoms with Gasteiger partial charge in [-0.25, -0.2) is 4.79 Å². The van der Waals surface area contributed by atoms with Crippen LogP contribution in [0.5, 0.6) is 5.75 Å². The average Bonchev–Trinajstić information content (AvgIpc) is 2.60. The third-order valence-corrected chi connectivity index (χ3v) is 7.47. The fourth-order valence-corrected chi connectivity index (χ4v) is 5.72. The van der Waals surface area contributed by atoms with E-state index in [1.54, 1.807) is 12.1 Å². The Morgan fingerprint density at radius 1 is 1.24 bits per heavy atom. The molecule has 3 nitrogen and oxygen atoms in total. The number of fused-ring (bicyclic) bond motifs is 1. The predicted octanol–water partition coefficient (Wildman–Crippen LogP) is 5.35. The molecule has 4 unspecified atom stereocenters. The van der Waals surface area contributed by atoms with Crippen molar-refractivity contribution in [3.8, 4) is 5.75 Å². The second kappa shape index (κ2) is 6.66. The zero-order chi connectivity index (χ0) is 18.2. The second-order valence-corrected chi connectivity index (χ2v) is 8.91. The van der Waals surface area contributed by atoms with Crippen molar-refractivity contribution in [3.63, 3.8) is 0 Å². The number of methoxy groups -OCH3 is 1. The molecule has 0 radical (unpaired) electrons. The van der Waals surface area contributed by atoms with Crippen LogP contribution in [0.1, 0.15) is 75.2 Å². The van der Waals surface area contributed by atoms with Gasteiger partial charge in [-0.3, -0.25) is 0 Å². The van der Waals surface area contributed by atoms with Crippen LogP contribution in [0.2, 0.25) is 0 Å². The SMILES string of the molecule is COC(=O)c1ccc(O)c(CC2(C)C(C)CCC3(C)CCCCC32)c1. The number of phenols is 1. The quantitative estimate of drug-likeness (QED) is 0.751. The van der Waals surface area contributed by atoms with Gasteiger partial charge in [0.25, 0.3) is 0 Å². The number of esters is 1. The van der Waals surface area contributed by atoms with Crippen LogP contribution in [0.15, 0.2) is 18.2 Å². The third-order valence-electron chi connectivity index (χ3n) is 7.47. The van der Waals surface area contributed by atoms with E-state index < -0.39 is 0 Å². The van der Waals surface area contributed by atoms with Crippen LogP contribution in [-0.4, -0.2) is 18.2 Å². The first-order valence-corrected chi connectivity index (χ1v) is 9.70. The van der Waals surface area contributed by atoms with Gasteiger partial charge in [-0.2, -0.15) is 0 Å². The Hall–Kier alpha value is -1.51. The van der Waals surface area contributed by atoms with Crippen molar-refractivity contribution >= 4 is 5.97 Å². The highest BCUT2D eigenvalue weighted by Crippen LogP contribution is 2.61. The molecule has 3 heteroatoms. The molecule has 3 rings (SSSR count). The van der Waals surface area contributed by atoms with Crippen molar-refractivity contribution in [1.82, 2.24) is 0 Å². The first-order chi connectivity index (χ1) is 11.8. The highest BCUT2D eigenvalue weighted by Gasteiger charge is 2.52. The highest BCUT2D eigenvalue weighted by molar-refractivity contribution is 5.89. The van der Waals surface area contributed by atoms with E-state index in [2.05, 4.69) is 20.8 Å². The van der Waals surface area contributed by atoms with E-state index >= 15 is 0 Å². The van der Waals surface area contributed by atoms with Gasteiger partial charge < -0.3 is 9.84 Å². The summed E-state index contributed by atoms with van der Waals surface area (Å²) in [6.45, 7) is 7.26. The summed E-state index contributed by atoms with van der Waals surface area (Å²) in [4.78, 5) is 11.9. The van der Waals surface area contributed by atoms with E-state index in [0.717, 1.165) is 12.0 Å². The molecule has 0 aromatic heterocycles. The van der Waals surface area contributed by atoms with Crippen molar-refractivity contribution in [1.29, 1.82) is 0 Å². The van der Waals surface area contributed by atoms with Gasteiger partial charge in [-0.1, -0.05) is 33.6 Å². The molecule has 0 heterocycles. The number of carbonyl (C=O) groups excluding carboxylic acids is 1. The first kappa shape index (κ1) is 18.3. The van der Waals surface area contributed by atoms with Crippen molar-refractivity contribution in [2.75, 3.05) is 7.11 Å². The van der Waals surface area contributed by atoms with Crippen LogP contribution >= 0.6 is 0 Å². The molecule has 4 atom stereocenters. The summed E-state index contributed by atoms with van der Waals surface area (Å²) >= 11 is 0. The van der Waals surface area contributed by atoms with Crippen LogP contribution in [0.25, 0.3) is 0 Å². The fourth-order valence-electron chi connectivity index (χ4n) is 5.72. The summed E-state index contributed by atoms with van der Waals surface area (Å²) in [7, 11) is 1.40. The Kier molecular flexibility index (Phi) is 4.87. The zero-order valence-corrected chi connectivity index (χ0v) is 16.1. The number of benzene rings is 1. The molecule has 0 aliphatic heterocycles. The summed E-state index contributed by atoms with van der Waals surface area (Å²) in [5, 5.41) is 10.4. The number of phenolic OH excluding ortho intramolecular Hbond substituents is 1. The smallest absolute Gasteiger partial charge is 0.337 e. The molecular weight excluding hydrogens is 312 g/mol. The van der Waals surface area contributed by atoms with Gasteiger partial charge in [0.2, 0.25) is 0 Å². The molecule has 1 aromatic rings. The molecule has 2 aliphatic carbocycles. The normalized spacial score (nSPS) is 35.0. The van der Waals surface area contributed by atoms with Gasteiger partial charge in [0.15, 0.2) is 0 Å². The molecule has 0 saturated heterocycles. The van der Waals surface area contributed by atoms with Crippen LogP contribution in [0.4, 0.5) is 0 Å². The predicted molar refractivity (Wildman–Crippen MR) is 99.7 cm³/mol. The van der Waals surface area contributed by atoms with E-state index in [-0.39, 0.29) is 11.4 Å². The minimum absolute atomic E-state index is 0.152. The Morgan fingerprint density at radius 2 is 2.00 bits per heavy atom. The van der Waals surface area contributed by atoms with Gasteiger partial charge in [-0.05, 0) is 78.5 Å². The summed E-state index contributed by atoms with van der Waals surface area (Å²) in [6, 6.07) is 5.11. The van der Waals surface area contributed by atoms with Crippen LogP contribution in [0, 0.1) is 22.7 Å². The van der Waals surface area contributed by atoms with E-state index in [1.807, 2.05) is 6.07 Å². The zero-order valence-electron chi connectivity index (χ0n) is 16.1. The van der Waals surface area contributed by atoms with Gasteiger partial charge >= 0.3 is 5.97 Å². The Labute approximate surface area is 151 Å². The van der Waals surface area contributed by atoms with Gasteiger partial charge in [0, 0.05) is 0 Å². The van der Waals surface area contributed by atoms with Crippen LogP contribution in [-0.2, 0) is 11.2 Å². The van der Waals surface area contributed by atoms with Crippen LogP contribution < -0.4 is 0 Å². The molecular formula is C22H32O3. The number of carbonyl (C=O) groups is 1. The Balaban J connectivity index is 1.95. The van der Waals surface area contributed by atoms with E-state index in [1.165, 1.54) is 45.6 Å². The molecule has 1 aromatic carbocycles. The Morgan fingerprint density at radius 3 is 2.72 bits per heavy atom. The lowest BCUT2D eigenvalue weighted by Crippen LogP contribution is -2.50. The summed E-state index contributed by atoms with van der Waals surface area (Å²) in [5.74, 6) is 1.25. The van der Waals surface area contributed by atoms with Crippen molar-refractivity contribution in [2.24, 2.45) is 22.7 Å². The molecule has 138 valence electrons. The molecule has 2 aliphatic rings. The summed E-state index contributed by atoms with van der Waals surface area (Å²) in [5.41, 5.74) is 1.98. The standard InChI is InChI=1S/C22H32O3/c1-15-10-12-21(2)11-6-5-7-19(21)22(15,3)14-17-13-16(20(24)25-4)8-9-18(17)23/h8-9,13,15,19,23H,5-7,10-12,14H2,1-4H3. The Bertz CT molecular complexity index is 653. The number of aromatic hydroxyl groups is 1. The maximum atomic E-state index is 11.9. The van der Waals surface area contributed by atoms with Crippen molar-refractivity contribution in [2.45, 2.75) is 65.7 Å². The number of hydrogen-bond acceptors (Lipinski definition) is 3. The molecule has 2 saturated carbocycles. The molecule has 1 N–H and O–H groups in total. The molecule has 2 fully saturated rings. The van der Waals surface area contributed by atoms with E-state index in [4.69, 9.17) is 4.74 Å². The minimum atomic E-state index is -0.342. The topological polar surface area (TPSA) is 46.5 Å². The molecule has 0 amide bonds. The van der Waals surface area contributed by atoms with Gasteiger partial charge in [-0.15, -0.1) is 0 Å². The maximum Gasteiger partial charge on any atom is 0.337 e. The molecule has 0 bridgehead atoms. The number of hydrogen-bond donors (Lipinski definition) is 1. The number of rotatable bonds is 3. The molecule has 25 heavy (non-hydrogen) atoms. The summed E-state index contributed by atoms with van der Waals surface area (Å²) < 4.78 is 4.85. The lowest BCUT2D eigenvalue weighted by molar-refractivity contribution is -0.0766. The lowest BCUT2D eigenvalue weighted by atomic mass is 9.47. The molecule has 0 spiro atoms. The largest absolute Gasteiger partial charge is 0.508 e. The average molecular weight is 344 g/mol. The van der Waals surface area contributed by atoms with Gasteiger partial charge in [0.05, 0.1) is 12.7 Å². The van der Waals surface area contributed by atoms with Crippen molar-refractivity contribution in [3.05, 3.63) is 29.3 Å². The summed E-state index contributed by atoms with van der Waals surface area (Å²) in [6.07, 6.45) is 8.68. The lowest BCUT2D eigenvalue weighted by Gasteiger charge is -2.58. The fraction of sp³-hybridized carbons (Fsp3) is 0.682. The van der Waals surface area contributed by atoms with E-state index in [0.29, 0.717) is 28.6 Å². The monoisotopic (exact) mass is 344 g/mol.